The van der Waals surface area contributed by atoms with Crippen molar-refractivity contribution >= 4 is 27.5 Å². The third-order valence-corrected chi connectivity index (χ3v) is 4.76. The summed E-state index contributed by atoms with van der Waals surface area (Å²) in [6.45, 7) is 2.06. The maximum atomic E-state index is 13.9. The first kappa shape index (κ1) is 15.5. The predicted octanol–water partition coefficient (Wildman–Crippen LogP) is 4.45. The third kappa shape index (κ3) is 3.07. The summed E-state index contributed by atoms with van der Waals surface area (Å²) >= 11 is 9.65. The van der Waals surface area contributed by atoms with E-state index in [9.17, 15) is 4.39 Å². The first-order valence-corrected chi connectivity index (χ1v) is 7.91. The van der Waals surface area contributed by atoms with E-state index in [4.69, 9.17) is 11.6 Å². The SMILES string of the molecule is CCc1nn(C)c(CC(CCl)c2ccccc2F)c1Br. The molecule has 1 atom stereocenters. The van der Waals surface area contributed by atoms with E-state index in [0.717, 1.165) is 22.3 Å². The lowest BCUT2D eigenvalue weighted by Gasteiger charge is -2.15. The zero-order valence-corrected chi connectivity index (χ0v) is 13.9. The third-order valence-electron chi connectivity index (χ3n) is 3.47. The Labute approximate surface area is 132 Å². The average molecular weight is 360 g/mol. The summed E-state index contributed by atoms with van der Waals surface area (Å²) in [6.07, 6.45) is 1.52. The van der Waals surface area contributed by atoms with E-state index in [1.54, 1.807) is 12.1 Å². The smallest absolute Gasteiger partial charge is 0.126 e. The molecule has 1 aromatic heterocycles. The van der Waals surface area contributed by atoms with Gasteiger partial charge in [-0.3, -0.25) is 4.68 Å². The lowest BCUT2D eigenvalue weighted by molar-refractivity contribution is 0.579. The van der Waals surface area contributed by atoms with E-state index in [1.807, 2.05) is 17.8 Å². The molecule has 2 aromatic rings. The maximum absolute atomic E-state index is 13.9. The lowest BCUT2D eigenvalue weighted by atomic mass is 9.95. The standard InChI is InChI=1S/C15H17BrClFN2/c1-3-13-15(16)14(20(2)19-13)8-10(9-17)11-6-4-5-7-12(11)18/h4-7,10H,3,8-9H2,1-2H3. The summed E-state index contributed by atoms with van der Waals surface area (Å²) in [7, 11) is 1.91. The van der Waals surface area contributed by atoms with Gasteiger partial charge >= 0.3 is 0 Å². The van der Waals surface area contributed by atoms with E-state index in [-0.39, 0.29) is 11.7 Å². The first-order valence-electron chi connectivity index (χ1n) is 6.59. The normalized spacial score (nSPS) is 12.7. The fourth-order valence-corrected chi connectivity index (χ4v) is 3.38. The Hall–Kier alpha value is -0.870. The fourth-order valence-electron chi connectivity index (χ4n) is 2.33. The number of rotatable bonds is 5. The molecule has 0 spiro atoms. The van der Waals surface area contributed by atoms with Gasteiger partial charge in [0.1, 0.15) is 5.82 Å². The van der Waals surface area contributed by atoms with Crippen LogP contribution in [0, 0.1) is 5.82 Å². The lowest BCUT2D eigenvalue weighted by Crippen LogP contribution is -2.10. The minimum absolute atomic E-state index is 0.0609. The number of aromatic nitrogens is 2. The Kier molecular flexibility index (Phi) is 5.22. The van der Waals surface area contributed by atoms with Crippen molar-refractivity contribution in [1.29, 1.82) is 0 Å². The van der Waals surface area contributed by atoms with Gasteiger partial charge in [0.05, 0.1) is 15.9 Å². The Morgan fingerprint density at radius 2 is 2.10 bits per heavy atom. The second kappa shape index (κ2) is 6.72. The second-order valence-electron chi connectivity index (χ2n) is 4.76. The van der Waals surface area contributed by atoms with Gasteiger partial charge in [0, 0.05) is 18.8 Å². The van der Waals surface area contributed by atoms with Crippen LogP contribution >= 0.6 is 27.5 Å². The molecule has 0 amide bonds. The van der Waals surface area contributed by atoms with Gasteiger partial charge in [0.25, 0.3) is 0 Å². The van der Waals surface area contributed by atoms with Gasteiger partial charge in [-0.2, -0.15) is 5.10 Å². The van der Waals surface area contributed by atoms with Crippen LogP contribution in [-0.2, 0) is 19.9 Å². The second-order valence-corrected chi connectivity index (χ2v) is 5.86. The maximum Gasteiger partial charge on any atom is 0.126 e. The molecule has 0 saturated carbocycles. The monoisotopic (exact) mass is 358 g/mol. The predicted molar refractivity (Wildman–Crippen MR) is 83.9 cm³/mol. The topological polar surface area (TPSA) is 17.8 Å². The van der Waals surface area contributed by atoms with E-state index in [2.05, 4.69) is 28.0 Å². The van der Waals surface area contributed by atoms with Crippen LogP contribution in [0.4, 0.5) is 4.39 Å². The Morgan fingerprint density at radius 1 is 1.40 bits per heavy atom. The molecule has 108 valence electrons. The Bertz CT molecular complexity index is 598. The van der Waals surface area contributed by atoms with Gasteiger partial charge in [-0.25, -0.2) is 4.39 Å². The zero-order chi connectivity index (χ0) is 14.7. The molecule has 2 nitrogen and oxygen atoms in total. The summed E-state index contributed by atoms with van der Waals surface area (Å²) in [5.41, 5.74) is 2.73. The fraction of sp³-hybridized carbons (Fsp3) is 0.400. The van der Waals surface area contributed by atoms with Crippen LogP contribution in [-0.4, -0.2) is 15.7 Å². The van der Waals surface area contributed by atoms with Crippen LogP contribution in [0.3, 0.4) is 0 Å². The van der Waals surface area contributed by atoms with Crippen LogP contribution in [0.15, 0.2) is 28.7 Å². The molecule has 0 fully saturated rings. The molecule has 0 radical (unpaired) electrons. The molecule has 0 aliphatic rings. The number of benzene rings is 1. The van der Waals surface area contributed by atoms with Gasteiger partial charge in [-0.1, -0.05) is 25.1 Å². The molecule has 0 aliphatic carbocycles. The van der Waals surface area contributed by atoms with Gasteiger partial charge in [-0.15, -0.1) is 11.6 Å². The molecular formula is C15H17BrClFN2. The van der Waals surface area contributed by atoms with Crippen LogP contribution in [0.2, 0.25) is 0 Å². The van der Waals surface area contributed by atoms with Crippen LogP contribution in [0.25, 0.3) is 0 Å². The quantitative estimate of drug-likeness (QED) is 0.721. The molecule has 0 bridgehead atoms. The highest BCUT2D eigenvalue weighted by Crippen LogP contribution is 2.29. The van der Waals surface area contributed by atoms with E-state index in [1.165, 1.54) is 6.07 Å². The highest BCUT2D eigenvalue weighted by Gasteiger charge is 2.20. The van der Waals surface area contributed by atoms with E-state index >= 15 is 0 Å². The highest BCUT2D eigenvalue weighted by molar-refractivity contribution is 9.10. The Morgan fingerprint density at radius 3 is 2.65 bits per heavy atom. The van der Waals surface area contributed by atoms with Crippen molar-refractivity contribution in [2.45, 2.75) is 25.7 Å². The largest absolute Gasteiger partial charge is 0.271 e. The van der Waals surface area contributed by atoms with Crippen molar-refractivity contribution < 1.29 is 4.39 Å². The number of nitrogens with zero attached hydrogens (tertiary/aromatic N) is 2. The average Bonchev–Trinajstić information content (AvgIpc) is 2.72. The van der Waals surface area contributed by atoms with E-state index < -0.39 is 0 Å². The minimum atomic E-state index is -0.202. The van der Waals surface area contributed by atoms with E-state index in [0.29, 0.717) is 17.9 Å². The minimum Gasteiger partial charge on any atom is -0.271 e. The van der Waals surface area contributed by atoms with Gasteiger partial charge < -0.3 is 0 Å². The van der Waals surface area contributed by atoms with Gasteiger partial charge in [0.15, 0.2) is 0 Å². The molecule has 0 N–H and O–H groups in total. The van der Waals surface area contributed by atoms with Crippen molar-refractivity contribution in [3.63, 3.8) is 0 Å². The highest BCUT2D eigenvalue weighted by atomic mass is 79.9. The number of hydrogen-bond donors (Lipinski definition) is 0. The molecular weight excluding hydrogens is 343 g/mol. The summed E-state index contributed by atoms with van der Waals surface area (Å²) < 4.78 is 16.8. The molecule has 0 saturated heterocycles. The number of halogens is 3. The van der Waals surface area contributed by atoms with Gasteiger partial charge in [0.2, 0.25) is 0 Å². The van der Waals surface area contributed by atoms with Crippen molar-refractivity contribution in [1.82, 2.24) is 9.78 Å². The molecule has 1 heterocycles. The molecule has 1 unspecified atom stereocenters. The van der Waals surface area contributed by atoms with Crippen LogP contribution in [0.5, 0.6) is 0 Å². The first-order chi connectivity index (χ1) is 9.58. The number of hydrogen-bond acceptors (Lipinski definition) is 1. The summed E-state index contributed by atoms with van der Waals surface area (Å²) in [6, 6.07) is 6.81. The summed E-state index contributed by atoms with van der Waals surface area (Å²) in [4.78, 5) is 0. The van der Waals surface area contributed by atoms with Crippen molar-refractivity contribution in [3.8, 4) is 0 Å². The Balaban J connectivity index is 2.32. The molecule has 20 heavy (non-hydrogen) atoms. The molecule has 5 heteroatoms. The summed E-state index contributed by atoms with van der Waals surface area (Å²) in [5, 5.41) is 4.47. The van der Waals surface area contributed by atoms with Crippen molar-refractivity contribution in [3.05, 3.63) is 51.5 Å². The van der Waals surface area contributed by atoms with Gasteiger partial charge in [-0.05, 0) is 40.4 Å². The number of alkyl halides is 1. The summed E-state index contributed by atoms with van der Waals surface area (Å²) in [5.74, 6) is 0.112. The molecule has 0 aliphatic heterocycles. The zero-order valence-electron chi connectivity index (χ0n) is 11.5. The molecule has 1 aromatic carbocycles. The molecule has 2 rings (SSSR count). The van der Waals surface area contributed by atoms with Crippen molar-refractivity contribution in [2.24, 2.45) is 7.05 Å². The van der Waals surface area contributed by atoms with Crippen molar-refractivity contribution in [2.75, 3.05) is 5.88 Å². The number of aryl methyl sites for hydroxylation is 2. The van der Waals surface area contributed by atoms with Crippen LogP contribution < -0.4 is 0 Å². The van der Waals surface area contributed by atoms with Crippen LogP contribution in [0.1, 0.15) is 29.8 Å².